The molecule has 2 aromatic carbocycles. The second-order valence-corrected chi connectivity index (χ2v) is 5.91. The lowest BCUT2D eigenvalue weighted by Gasteiger charge is -2.10. The normalized spacial score (nSPS) is 10.6. The van der Waals surface area contributed by atoms with Crippen LogP contribution in [0.25, 0.3) is 10.2 Å². The van der Waals surface area contributed by atoms with E-state index < -0.39 is 0 Å². The van der Waals surface area contributed by atoms with E-state index in [-0.39, 0.29) is 5.91 Å². The third-order valence-electron chi connectivity index (χ3n) is 3.33. The maximum atomic E-state index is 12.5. The minimum absolute atomic E-state index is 0.247. The molecule has 5 nitrogen and oxygen atoms in total. The fourth-order valence-electron chi connectivity index (χ4n) is 2.19. The Hall–Kier alpha value is -2.31. The minimum Gasteiger partial charge on any atom is -0.493 e. The molecule has 0 unspecified atom stereocenters. The number of rotatable bonds is 4. The molecule has 0 saturated carbocycles. The lowest BCUT2D eigenvalue weighted by Crippen LogP contribution is -2.12. The topological polar surface area (TPSA) is 60.5 Å². The van der Waals surface area contributed by atoms with Crippen LogP contribution in [-0.4, -0.2) is 25.1 Å². The van der Waals surface area contributed by atoms with Crippen LogP contribution in [0.4, 0.5) is 5.69 Å². The summed E-state index contributed by atoms with van der Waals surface area (Å²) in [6, 6.07) is 8.48. The Kier molecular flexibility index (Phi) is 4.36. The number of nitrogens with zero attached hydrogens (tertiary/aromatic N) is 1. The molecule has 3 aromatic rings. The number of carbonyl (C=O) groups excluding carboxylic acids is 1. The summed E-state index contributed by atoms with van der Waals surface area (Å²) in [4.78, 5) is 16.7. The molecule has 0 aliphatic carbocycles. The van der Waals surface area contributed by atoms with Crippen LogP contribution < -0.4 is 14.8 Å². The highest BCUT2D eigenvalue weighted by atomic mass is 35.5. The number of hydrogen-bond acceptors (Lipinski definition) is 5. The van der Waals surface area contributed by atoms with E-state index in [1.54, 1.807) is 43.0 Å². The van der Waals surface area contributed by atoms with E-state index in [1.165, 1.54) is 18.4 Å². The molecule has 118 valence electrons. The number of ether oxygens (including phenoxy) is 2. The summed E-state index contributed by atoms with van der Waals surface area (Å²) in [6.07, 6.45) is 0. The average Bonchev–Trinajstić information content (AvgIpc) is 3.07. The molecule has 0 saturated heterocycles. The first-order valence-corrected chi connectivity index (χ1v) is 7.95. The Morgan fingerprint density at radius 2 is 1.96 bits per heavy atom. The quantitative estimate of drug-likeness (QED) is 0.766. The maximum absolute atomic E-state index is 12.5. The number of carbonyl (C=O) groups is 1. The van der Waals surface area contributed by atoms with Gasteiger partial charge in [0.1, 0.15) is 5.52 Å². The predicted molar refractivity (Wildman–Crippen MR) is 92.1 cm³/mol. The molecule has 0 aliphatic rings. The predicted octanol–water partition coefficient (Wildman–Crippen LogP) is 4.22. The lowest BCUT2D eigenvalue weighted by atomic mass is 10.2. The van der Waals surface area contributed by atoms with E-state index >= 15 is 0 Å². The third kappa shape index (κ3) is 2.95. The van der Waals surface area contributed by atoms with Gasteiger partial charge in [-0.1, -0.05) is 11.6 Å². The molecule has 0 radical (unpaired) electrons. The largest absolute Gasteiger partial charge is 0.493 e. The zero-order valence-corrected chi connectivity index (χ0v) is 14.0. The summed E-state index contributed by atoms with van der Waals surface area (Å²) >= 11 is 7.52. The Bertz CT molecular complexity index is 879. The summed E-state index contributed by atoms with van der Waals surface area (Å²) < 4.78 is 11.2. The molecule has 0 aliphatic heterocycles. The molecule has 0 spiro atoms. The molecule has 1 aromatic heterocycles. The molecule has 7 heteroatoms. The van der Waals surface area contributed by atoms with Crippen LogP contribution in [0.2, 0.25) is 5.02 Å². The van der Waals surface area contributed by atoms with E-state index in [0.29, 0.717) is 33.3 Å². The summed E-state index contributed by atoms with van der Waals surface area (Å²) in [6.45, 7) is 0. The maximum Gasteiger partial charge on any atom is 0.255 e. The van der Waals surface area contributed by atoms with Crippen molar-refractivity contribution in [1.29, 1.82) is 0 Å². The molecule has 3 rings (SSSR count). The Balaban J connectivity index is 1.92. The molecule has 0 bridgehead atoms. The number of amides is 1. The smallest absolute Gasteiger partial charge is 0.255 e. The van der Waals surface area contributed by atoms with Gasteiger partial charge in [-0.25, -0.2) is 4.98 Å². The molecule has 0 atom stereocenters. The van der Waals surface area contributed by atoms with E-state index in [9.17, 15) is 4.79 Å². The first kappa shape index (κ1) is 15.6. The van der Waals surface area contributed by atoms with Gasteiger partial charge in [-0.15, -0.1) is 11.3 Å². The van der Waals surface area contributed by atoms with Gasteiger partial charge in [0.15, 0.2) is 11.5 Å². The van der Waals surface area contributed by atoms with E-state index in [2.05, 4.69) is 10.3 Å². The van der Waals surface area contributed by atoms with Crippen LogP contribution >= 0.6 is 22.9 Å². The SMILES string of the molecule is COc1ccc(C(=O)Nc2ccc(Cl)c3ncsc23)cc1OC. The molecule has 1 amide bonds. The number of benzene rings is 2. The lowest BCUT2D eigenvalue weighted by molar-refractivity contribution is 0.102. The van der Waals surface area contributed by atoms with Gasteiger partial charge in [0.2, 0.25) is 0 Å². The van der Waals surface area contributed by atoms with Crippen LogP contribution in [0.5, 0.6) is 11.5 Å². The van der Waals surface area contributed by atoms with Gasteiger partial charge in [0.05, 0.1) is 35.1 Å². The minimum atomic E-state index is -0.247. The van der Waals surface area contributed by atoms with Gasteiger partial charge >= 0.3 is 0 Å². The summed E-state index contributed by atoms with van der Waals surface area (Å²) in [5.74, 6) is 0.822. The zero-order chi connectivity index (χ0) is 16.4. The van der Waals surface area contributed by atoms with Gasteiger partial charge in [0, 0.05) is 5.56 Å². The number of anilines is 1. The van der Waals surface area contributed by atoms with Gasteiger partial charge in [-0.05, 0) is 30.3 Å². The number of thiazole rings is 1. The highest BCUT2D eigenvalue weighted by Gasteiger charge is 2.14. The van der Waals surface area contributed by atoms with E-state index in [1.807, 2.05) is 0 Å². The molecular formula is C16H13ClN2O3S. The molecular weight excluding hydrogens is 336 g/mol. The summed E-state index contributed by atoms with van der Waals surface area (Å²) in [7, 11) is 3.07. The Morgan fingerprint density at radius 3 is 2.70 bits per heavy atom. The number of hydrogen-bond donors (Lipinski definition) is 1. The number of fused-ring (bicyclic) bond motifs is 1. The fourth-order valence-corrected chi connectivity index (χ4v) is 3.24. The molecule has 0 fully saturated rings. The van der Waals surface area contributed by atoms with Crippen molar-refractivity contribution < 1.29 is 14.3 Å². The van der Waals surface area contributed by atoms with E-state index in [4.69, 9.17) is 21.1 Å². The summed E-state index contributed by atoms with van der Waals surface area (Å²) in [5, 5.41) is 3.44. The van der Waals surface area contributed by atoms with Gasteiger partial charge in [-0.3, -0.25) is 4.79 Å². The number of methoxy groups -OCH3 is 2. The zero-order valence-electron chi connectivity index (χ0n) is 12.4. The van der Waals surface area contributed by atoms with Crippen molar-refractivity contribution in [2.75, 3.05) is 19.5 Å². The Labute approximate surface area is 141 Å². The first-order valence-electron chi connectivity index (χ1n) is 6.69. The summed E-state index contributed by atoms with van der Waals surface area (Å²) in [5.41, 5.74) is 3.52. The van der Waals surface area contributed by atoms with Gasteiger partial charge in [-0.2, -0.15) is 0 Å². The van der Waals surface area contributed by atoms with Crippen molar-refractivity contribution in [1.82, 2.24) is 4.98 Å². The van der Waals surface area contributed by atoms with Gasteiger partial charge in [0.25, 0.3) is 5.91 Å². The second kappa shape index (κ2) is 6.44. The molecule has 23 heavy (non-hydrogen) atoms. The van der Waals surface area contributed by atoms with Gasteiger partial charge < -0.3 is 14.8 Å². The Morgan fingerprint density at radius 1 is 1.17 bits per heavy atom. The van der Waals surface area contributed by atoms with Crippen molar-refractivity contribution >= 4 is 44.7 Å². The highest BCUT2D eigenvalue weighted by molar-refractivity contribution is 7.17. The number of halogens is 1. The fraction of sp³-hybridized carbons (Fsp3) is 0.125. The van der Waals surface area contributed by atoms with Crippen LogP contribution in [0.3, 0.4) is 0 Å². The standard InChI is InChI=1S/C16H13ClN2O3S/c1-21-12-6-3-9(7-13(12)22-2)16(20)19-11-5-4-10(17)14-15(11)23-8-18-14/h3-8H,1-2H3,(H,19,20). The third-order valence-corrected chi connectivity index (χ3v) is 4.49. The average molecular weight is 349 g/mol. The van der Waals surface area contributed by atoms with Crippen molar-refractivity contribution in [3.63, 3.8) is 0 Å². The van der Waals surface area contributed by atoms with Crippen LogP contribution in [0.1, 0.15) is 10.4 Å². The molecule has 1 heterocycles. The van der Waals surface area contributed by atoms with E-state index in [0.717, 1.165) is 4.70 Å². The monoisotopic (exact) mass is 348 g/mol. The molecule has 1 N–H and O–H groups in total. The second-order valence-electron chi connectivity index (χ2n) is 4.65. The van der Waals surface area contributed by atoms with Crippen LogP contribution in [0, 0.1) is 0 Å². The van der Waals surface area contributed by atoms with Crippen molar-refractivity contribution in [2.24, 2.45) is 0 Å². The highest BCUT2D eigenvalue weighted by Crippen LogP contribution is 2.33. The number of aromatic nitrogens is 1. The first-order chi connectivity index (χ1) is 11.1. The van der Waals surface area contributed by atoms with Crippen LogP contribution in [-0.2, 0) is 0 Å². The van der Waals surface area contributed by atoms with Crippen LogP contribution in [0.15, 0.2) is 35.8 Å². The number of nitrogens with one attached hydrogen (secondary N) is 1. The van der Waals surface area contributed by atoms with Crippen molar-refractivity contribution in [3.8, 4) is 11.5 Å². The van der Waals surface area contributed by atoms with Crippen molar-refractivity contribution in [2.45, 2.75) is 0 Å². The van der Waals surface area contributed by atoms with Crippen molar-refractivity contribution in [3.05, 3.63) is 46.4 Å².